The number of aromatic nitrogens is 4. The van der Waals surface area contributed by atoms with Gasteiger partial charge in [0.1, 0.15) is 6.07 Å². The summed E-state index contributed by atoms with van der Waals surface area (Å²) in [5.41, 5.74) is 2.53. The van der Waals surface area contributed by atoms with Crippen molar-refractivity contribution in [2.75, 3.05) is 42.2 Å². The number of imidazole rings is 1. The number of carbonyl (C=O) groups excluding carboxylic acids is 1. The maximum atomic E-state index is 12.3. The fourth-order valence-corrected chi connectivity index (χ4v) is 6.51. The molecule has 3 aliphatic rings. The van der Waals surface area contributed by atoms with Crippen molar-refractivity contribution in [3.63, 3.8) is 0 Å². The van der Waals surface area contributed by atoms with E-state index in [1.807, 2.05) is 18.0 Å². The molecule has 2 saturated heterocycles. The lowest BCUT2D eigenvalue weighted by Crippen LogP contribution is -2.52. The van der Waals surface area contributed by atoms with Crippen LogP contribution in [0.1, 0.15) is 57.2 Å². The molecule has 1 aliphatic carbocycles. The number of hydrogen-bond donors (Lipinski definition) is 2. The summed E-state index contributed by atoms with van der Waals surface area (Å²) in [6, 6.07) is 9.13. The van der Waals surface area contributed by atoms with E-state index in [1.165, 1.54) is 10.7 Å². The molecule has 12 nitrogen and oxygen atoms in total. The SMILES string of the molecule is CC(C)N(C1CCN(c2cc(C#N)cc(Nc3nc(NC4CC4)c4ncc(C#N)n4n3)c2Cl)CC1)C1CC(=O)N(C)C1. The Bertz CT molecular complexity index is 1590. The van der Waals surface area contributed by atoms with Gasteiger partial charge in [0.2, 0.25) is 11.9 Å². The number of fused-ring (bicyclic) bond motifs is 1. The summed E-state index contributed by atoms with van der Waals surface area (Å²) in [6.45, 7) is 6.72. The Morgan fingerprint density at radius 1 is 1.12 bits per heavy atom. The van der Waals surface area contributed by atoms with Crippen molar-refractivity contribution in [3.05, 3.63) is 34.6 Å². The monoisotopic (exact) mass is 587 g/mol. The number of likely N-dealkylation sites (tertiary alicyclic amines) is 1. The molecule has 1 atom stereocenters. The van der Waals surface area contributed by atoms with E-state index in [-0.39, 0.29) is 17.9 Å². The summed E-state index contributed by atoms with van der Waals surface area (Å²) in [4.78, 5) is 27.8. The lowest BCUT2D eigenvalue weighted by Gasteiger charge is -2.44. The lowest BCUT2D eigenvalue weighted by atomic mass is 9.98. The van der Waals surface area contributed by atoms with Crippen LogP contribution in [0.5, 0.6) is 0 Å². The topological polar surface area (TPSA) is 142 Å². The number of rotatable bonds is 8. The number of halogens is 1. The van der Waals surface area contributed by atoms with Gasteiger partial charge in [-0.3, -0.25) is 9.69 Å². The van der Waals surface area contributed by atoms with Gasteiger partial charge in [-0.15, -0.1) is 5.10 Å². The van der Waals surface area contributed by atoms with Crippen LogP contribution >= 0.6 is 11.6 Å². The summed E-state index contributed by atoms with van der Waals surface area (Å²) < 4.78 is 1.46. The van der Waals surface area contributed by atoms with Gasteiger partial charge in [0.05, 0.1) is 34.2 Å². The zero-order valence-electron chi connectivity index (χ0n) is 24.0. The predicted molar refractivity (Wildman–Crippen MR) is 160 cm³/mol. The summed E-state index contributed by atoms with van der Waals surface area (Å²) in [5.74, 6) is 0.986. The van der Waals surface area contributed by atoms with Crippen molar-refractivity contribution >= 4 is 46.3 Å². The van der Waals surface area contributed by atoms with E-state index in [0.29, 0.717) is 58.0 Å². The second-order valence-corrected chi connectivity index (χ2v) is 12.1. The third kappa shape index (κ3) is 5.40. The van der Waals surface area contributed by atoms with Gasteiger partial charge in [0.15, 0.2) is 17.2 Å². The van der Waals surface area contributed by atoms with E-state index in [0.717, 1.165) is 51.0 Å². The second kappa shape index (κ2) is 11.3. The van der Waals surface area contributed by atoms with E-state index >= 15 is 0 Å². The molecule has 0 radical (unpaired) electrons. The van der Waals surface area contributed by atoms with E-state index in [1.54, 1.807) is 6.07 Å². The lowest BCUT2D eigenvalue weighted by molar-refractivity contribution is -0.126. The van der Waals surface area contributed by atoms with Crippen LogP contribution < -0.4 is 15.5 Å². The van der Waals surface area contributed by atoms with Crippen molar-refractivity contribution in [3.8, 4) is 12.1 Å². The third-order valence-electron chi connectivity index (χ3n) is 8.39. The molecule has 1 unspecified atom stereocenters. The maximum absolute atomic E-state index is 12.3. The first-order chi connectivity index (χ1) is 20.2. The van der Waals surface area contributed by atoms with Crippen molar-refractivity contribution in [2.24, 2.45) is 0 Å². The Morgan fingerprint density at radius 3 is 2.50 bits per heavy atom. The van der Waals surface area contributed by atoms with Crippen molar-refractivity contribution in [2.45, 2.75) is 70.1 Å². The Hall–Kier alpha value is -4.13. The van der Waals surface area contributed by atoms with Crippen LogP contribution in [0.4, 0.5) is 23.1 Å². The van der Waals surface area contributed by atoms with Gasteiger partial charge in [-0.25, -0.2) is 4.98 Å². The van der Waals surface area contributed by atoms with Crippen LogP contribution in [0.2, 0.25) is 5.02 Å². The molecule has 1 amide bonds. The second-order valence-electron chi connectivity index (χ2n) is 11.7. The molecule has 0 bridgehead atoms. The molecule has 2 N–H and O–H groups in total. The maximum Gasteiger partial charge on any atom is 0.247 e. The van der Waals surface area contributed by atoms with Crippen LogP contribution in [-0.2, 0) is 4.79 Å². The predicted octanol–water partition coefficient (Wildman–Crippen LogP) is 3.75. The molecule has 0 spiro atoms. The highest BCUT2D eigenvalue weighted by atomic mass is 35.5. The third-order valence-corrected chi connectivity index (χ3v) is 8.79. The van der Waals surface area contributed by atoms with Gasteiger partial charge in [0, 0.05) is 57.3 Å². The molecule has 1 saturated carbocycles. The van der Waals surface area contributed by atoms with Crippen molar-refractivity contribution < 1.29 is 4.79 Å². The fraction of sp³-hybridized carbons (Fsp3) is 0.517. The molecule has 218 valence electrons. The molecule has 1 aromatic carbocycles. The summed E-state index contributed by atoms with van der Waals surface area (Å²) in [7, 11) is 1.88. The minimum Gasteiger partial charge on any atom is -0.370 e. The Kier molecular flexibility index (Phi) is 7.52. The quantitative estimate of drug-likeness (QED) is 0.400. The number of carbonyl (C=O) groups is 1. The first kappa shape index (κ1) is 28.0. The van der Waals surface area contributed by atoms with Crippen molar-refractivity contribution in [1.82, 2.24) is 29.4 Å². The van der Waals surface area contributed by atoms with E-state index in [4.69, 9.17) is 11.6 Å². The smallest absolute Gasteiger partial charge is 0.247 e. The normalized spacial score (nSPS) is 19.5. The highest BCUT2D eigenvalue weighted by Crippen LogP contribution is 2.38. The highest BCUT2D eigenvalue weighted by molar-refractivity contribution is 6.36. The number of nitrogens with zero attached hydrogens (tertiary/aromatic N) is 9. The molecule has 42 heavy (non-hydrogen) atoms. The first-order valence-electron chi connectivity index (χ1n) is 14.4. The molecule has 6 rings (SSSR count). The molecular weight excluding hydrogens is 554 g/mol. The Balaban J connectivity index is 1.24. The average Bonchev–Trinajstić information content (AvgIpc) is 3.60. The number of amides is 1. The molecular formula is C29H34ClN11O. The molecule has 3 aromatic rings. The molecule has 2 aliphatic heterocycles. The molecule has 2 aromatic heterocycles. The number of nitrogens with one attached hydrogen (secondary N) is 2. The van der Waals surface area contributed by atoms with E-state index in [9.17, 15) is 15.3 Å². The Morgan fingerprint density at radius 2 is 1.88 bits per heavy atom. The van der Waals surface area contributed by atoms with E-state index in [2.05, 4.69) is 61.5 Å². The zero-order valence-corrected chi connectivity index (χ0v) is 24.8. The number of nitriles is 2. The molecule has 13 heteroatoms. The van der Waals surface area contributed by atoms with Crippen LogP contribution in [0, 0.1) is 22.7 Å². The minimum absolute atomic E-state index is 0.207. The highest BCUT2D eigenvalue weighted by Gasteiger charge is 2.37. The van der Waals surface area contributed by atoms with E-state index < -0.39 is 0 Å². The standard InChI is InChI=1S/C29H34ClN11O/c1-17(2)40(21-12-25(42)38(3)16-21)20-6-8-39(9-7-20)24-11-18(13-31)10-23(26(24)30)35-29-36-27(34-19-4-5-19)28-33-15-22(14-32)41(28)37-29/h10-11,15,17,19-21H,4-9,12,16H2,1-3H3,(H2,34,35,36,37). The van der Waals surface area contributed by atoms with Gasteiger partial charge in [-0.2, -0.15) is 20.0 Å². The van der Waals surface area contributed by atoms with Gasteiger partial charge < -0.3 is 20.4 Å². The summed E-state index contributed by atoms with van der Waals surface area (Å²) >= 11 is 6.99. The summed E-state index contributed by atoms with van der Waals surface area (Å²) in [6.07, 6.45) is 5.99. The first-order valence-corrected chi connectivity index (χ1v) is 14.8. The largest absolute Gasteiger partial charge is 0.370 e. The van der Waals surface area contributed by atoms with Gasteiger partial charge in [-0.05, 0) is 51.7 Å². The Labute approximate surface area is 249 Å². The average molecular weight is 588 g/mol. The number of anilines is 4. The molecule has 3 fully saturated rings. The summed E-state index contributed by atoms with van der Waals surface area (Å²) in [5, 5.41) is 31.0. The van der Waals surface area contributed by atoms with Crippen LogP contribution in [0.25, 0.3) is 5.65 Å². The number of benzene rings is 1. The van der Waals surface area contributed by atoms with Gasteiger partial charge in [-0.1, -0.05) is 11.6 Å². The fourth-order valence-electron chi connectivity index (χ4n) is 6.23. The molecule has 4 heterocycles. The zero-order chi connectivity index (χ0) is 29.5. The minimum atomic E-state index is 0.207. The van der Waals surface area contributed by atoms with Crippen LogP contribution in [-0.4, -0.2) is 86.1 Å². The van der Waals surface area contributed by atoms with Crippen molar-refractivity contribution in [1.29, 1.82) is 10.5 Å². The number of likely N-dealkylation sites (N-methyl/N-ethyl adjacent to an activating group) is 1. The van der Waals surface area contributed by atoms with Gasteiger partial charge in [0.25, 0.3) is 0 Å². The number of piperidine rings is 1. The number of hydrogen-bond acceptors (Lipinski definition) is 10. The van der Waals surface area contributed by atoms with Gasteiger partial charge >= 0.3 is 0 Å². The van der Waals surface area contributed by atoms with Crippen LogP contribution in [0.3, 0.4) is 0 Å². The van der Waals surface area contributed by atoms with Crippen LogP contribution in [0.15, 0.2) is 18.3 Å².